The Morgan fingerprint density at radius 3 is 2.80 bits per heavy atom. The number of hydrogen-bond acceptors (Lipinski definition) is 5. The van der Waals surface area contributed by atoms with Gasteiger partial charge < -0.3 is 15.2 Å². The SMILES string of the molecule is CC(C)c1cc(OCC(=O)NCCC#N)c(C(=O)O)s1. The van der Waals surface area contributed by atoms with Crippen molar-refractivity contribution in [2.24, 2.45) is 0 Å². The van der Waals surface area contributed by atoms with Crippen molar-refractivity contribution in [1.29, 1.82) is 5.26 Å². The number of amides is 1. The van der Waals surface area contributed by atoms with Gasteiger partial charge in [0.1, 0.15) is 5.75 Å². The molecule has 0 aliphatic rings. The van der Waals surface area contributed by atoms with E-state index in [1.54, 1.807) is 6.07 Å². The van der Waals surface area contributed by atoms with Gasteiger partial charge >= 0.3 is 5.97 Å². The maximum atomic E-state index is 11.4. The summed E-state index contributed by atoms with van der Waals surface area (Å²) in [6, 6.07) is 3.56. The van der Waals surface area contributed by atoms with Crippen molar-refractivity contribution in [3.63, 3.8) is 0 Å². The zero-order valence-corrected chi connectivity index (χ0v) is 12.1. The van der Waals surface area contributed by atoms with E-state index in [0.29, 0.717) is 0 Å². The van der Waals surface area contributed by atoms with E-state index in [1.807, 2.05) is 19.9 Å². The summed E-state index contributed by atoms with van der Waals surface area (Å²) in [6.07, 6.45) is 0.224. The first-order chi connectivity index (χ1) is 9.45. The van der Waals surface area contributed by atoms with Gasteiger partial charge in [0.15, 0.2) is 11.5 Å². The summed E-state index contributed by atoms with van der Waals surface area (Å²) >= 11 is 1.15. The Kier molecular flexibility index (Phi) is 6.00. The number of carboxylic acid groups (broad SMARTS) is 1. The van der Waals surface area contributed by atoms with Crippen LogP contribution in [0.25, 0.3) is 0 Å². The van der Waals surface area contributed by atoms with Crippen molar-refractivity contribution >= 4 is 23.2 Å². The number of rotatable bonds is 7. The molecule has 0 saturated carbocycles. The molecule has 2 N–H and O–H groups in total. The van der Waals surface area contributed by atoms with Crippen LogP contribution in [-0.2, 0) is 4.79 Å². The highest BCUT2D eigenvalue weighted by molar-refractivity contribution is 7.14. The Morgan fingerprint density at radius 2 is 2.25 bits per heavy atom. The zero-order chi connectivity index (χ0) is 15.1. The van der Waals surface area contributed by atoms with Crippen molar-refractivity contribution in [2.75, 3.05) is 13.2 Å². The fourth-order valence-corrected chi connectivity index (χ4v) is 2.33. The molecule has 6 nitrogen and oxygen atoms in total. The third-order valence-electron chi connectivity index (χ3n) is 2.40. The molecule has 7 heteroatoms. The number of nitrogens with one attached hydrogen (secondary N) is 1. The van der Waals surface area contributed by atoms with Crippen LogP contribution in [0.2, 0.25) is 0 Å². The van der Waals surface area contributed by atoms with Crippen LogP contribution in [0.1, 0.15) is 40.7 Å². The topological polar surface area (TPSA) is 99.4 Å². The molecular formula is C13H16N2O4S. The number of carbonyl (C=O) groups is 2. The second-order valence-corrected chi connectivity index (χ2v) is 5.43. The Morgan fingerprint density at radius 1 is 1.55 bits per heavy atom. The third kappa shape index (κ3) is 4.55. The fourth-order valence-electron chi connectivity index (χ4n) is 1.39. The van der Waals surface area contributed by atoms with Gasteiger partial charge in [0.25, 0.3) is 5.91 Å². The molecule has 0 radical (unpaired) electrons. The maximum absolute atomic E-state index is 11.4. The lowest BCUT2D eigenvalue weighted by molar-refractivity contribution is -0.123. The standard InChI is InChI=1S/C13H16N2O4S/c1-8(2)10-6-9(12(20-10)13(17)18)19-7-11(16)15-5-3-4-14/h6,8H,3,5,7H2,1-2H3,(H,15,16)(H,17,18). The number of carboxylic acids is 1. The number of thiophene rings is 1. The molecule has 0 atom stereocenters. The zero-order valence-electron chi connectivity index (χ0n) is 11.3. The lowest BCUT2D eigenvalue weighted by Gasteiger charge is -2.05. The highest BCUT2D eigenvalue weighted by Gasteiger charge is 2.19. The molecule has 20 heavy (non-hydrogen) atoms. The van der Waals surface area contributed by atoms with E-state index in [4.69, 9.17) is 15.1 Å². The molecule has 0 unspecified atom stereocenters. The number of carbonyl (C=O) groups excluding carboxylic acids is 1. The Hall–Kier alpha value is -2.07. The first-order valence-electron chi connectivity index (χ1n) is 6.09. The quantitative estimate of drug-likeness (QED) is 0.749. The minimum Gasteiger partial charge on any atom is -0.482 e. The average Bonchev–Trinajstić information content (AvgIpc) is 2.81. The van der Waals surface area contributed by atoms with E-state index < -0.39 is 5.97 Å². The number of aromatic carboxylic acids is 1. The second-order valence-electron chi connectivity index (χ2n) is 4.35. The molecule has 1 aromatic heterocycles. The second kappa shape index (κ2) is 7.50. The Labute approximate surface area is 121 Å². The summed E-state index contributed by atoms with van der Waals surface area (Å²) in [5.41, 5.74) is 0. The minimum atomic E-state index is -1.07. The van der Waals surface area contributed by atoms with Crippen LogP contribution in [0.4, 0.5) is 0 Å². The van der Waals surface area contributed by atoms with Gasteiger partial charge in [-0.15, -0.1) is 11.3 Å². The Bertz CT molecular complexity index is 531. The highest BCUT2D eigenvalue weighted by atomic mass is 32.1. The molecule has 1 heterocycles. The summed E-state index contributed by atoms with van der Waals surface area (Å²) in [7, 11) is 0. The largest absolute Gasteiger partial charge is 0.482 e. The van der Waals surface area contributed by atoms with Crippen molar-refractivity contribution in [2.45, 2.75) is 26.2 Å². The van der Waals surface area contributed by atoms with E-state index in [0.717, 1.165) is 16.2 Å². The normalized spacial score (nSPS) is 10.1. The molecule has 108 valence electrons. The van der Waals surface area contributed by atoms with Crippen LogP contribution in [0.5, 0.6) is 5.75 Å². The highest BCUT2D eigenvalue weighted by Crippen LogP contribution is 2.33. The van der Waals surface area contributed by atoms with Gasteiger partial charge in [0, 0.05) is 11.4 Å². The van der Waals surface area contributed by atoms with Gasteiger partial charge in [0.05, 0.1) is 12.5 Å². The van der Waals surface area contributed by atoms with Crippen LogP contribution in [0, 0.1) is 11.3 Å². The van der Waals surface area contributed by atoms with Crippen molar-refractivity contribution < 1.29 is 19.4 Å². The summed E-state index contributed by atoms with van der Waals surface area (Å²) in [4.78, 5) is 23.5. The average molecular weight is 296 g/mol. The smallest absolute Gasteiger partial charge is 0.349 e. The molecule has 1 aromatic rings. The summed E-state index contributed by atoms with van der Waals surface area (Å²) in [5.74, 6) is -1.04. The van der Waals surface area contributed by atoms with E-state index in [9.17, 15) is 9.59 Å². The predicted molar refractivity (Wildman–Crippen MR) is 74.1 cm³/mol. The third-order valence-corrected chi connectivity index (χ3v) is 3.80. The van der Waals surface area contributed by atoms with Gasteiger partial charge in [0.2, 0.25) is 0 Å². The molecule has 0 spiro atoms. The van der Waals surface area contributed by atoms with Crippen molar-refractivity contribution in [3.8, 4) is 11.8 Å². The van der Waals surface area contributed by atoms with Gasteiger partial charge in [-0.05, 0) is 12.0 Å². The first-order valence-corrected chi connectivity index (χ1v) is 6.90. The van der Waals surface area contributed by atoms with Gasteiger partial charge in [-0.25, -0.2) is 4.79 Å². The molecule has 0 aliphatic heterocycles. The summed E-state index contributed by atoms with van der Waals surface area (Å²) in [6.45, 7) is 3.90. The first kappa shape index (κ1) is 16.0. The number of nitriles is 1. The molecule has 1 rings (SSSR count). The van der Waals surface area contributed by atoms with Gasteiger partial charge in [-0.1, -0.05) is 13.8 Å². The molecule has 1 amide bonds. The lowest BCUT2D eigenvalue weighted by Crippen LogP contribution is -2.29. The van der Waals surface area contributed by atoms with E-state index in [2.05, 4.69) is 5.32 Å². The molecule has 0 saturated heterocycles. The van der Waals surface area contributed by atoms with E-state index in [-0.39, 0.29) is 42.0 Å². The number of ether oxygens (including phenoxy) is 1. The maximum Gasteiger partial charge on any atom is 0.349 e. The number of hydrogen-bond donors (Lipinski definition) is 2. The van der Waals surface area contributed by atoms with Crippen molar-refractivity contribution in [1.82, 2.24) is 5.32 Å². The molecule has 0 aromatic carbocycles. The molecule has 0 fully saturated rings. The van der Waals surface area contributed by atoms with Crippen LogP contribution >= 0.6 is 11.3 Å². The van der Waals surface area contributed by atoms with Crippen LogP contribution in [-0.4, -0.2) is 30.1 Å². The van der Waals surface area contributed by atoms with Gasteiger partial charge in [-0.2, -0.15) is 5.26 Å². The fraction of sp³-hybridized carbons (Fsp3) is 0.462. The molecular weight excluding hydrogens is 280 g/mol. The van der Waals surface area contributed by atoms with E-state index in [1.165, 1.54) is 0 Å². The number of nitrogens with zero attached hydrogens (tertiary/aromatic N) is 1. The van der Waals surface area contributed by atoms with Crippen molar-refractivity contribution in [3.05, 3.63) is 15.8 Å². The summed E-state index contributed by atoms with van der Waals surface area (Å²) < 4.78 is 5.26. The lowest BCUT2D eigenvalue weighted by atomic mass is 10.2. The molecule has 0 bridgehead atoms. The van der Waals surface area contributed by atoms with Gasteiger partial charge in [-0.3, -0.25) is 4.79 Å². The van der Waals surface area contributed by atoms with Crippen LogP contribution in [0.3, 0.4) is 0 Å². The van der Waals surface area contributed by atoms with Crippen LogP contribution < -0.4 is 10.1 Å². The Balaban J connectivity index is 2.65. The minimum absolute atomic E-state index is 0.0959. The van der Waals surface area contributed by atoms with E-state index >= 15 is 0 Å². The summed E-state index contributed by atoms with van der Waals surface area (Å²) in [5, 5.41) is 19.9. The monoisotopic (exact) mass is 296 g/mol. The predicted octanol–water partition coefficient (Wildman–Crippen LogP) is 1.98. The van der Waals surface area contributed by atoms with Crippen LogP contribution in [0.15, 0.2) is 6.07 Å². The molecule has 0 aliphatic carbocycles.